The van der Waals surface area contributed by atoms with Crippen LogP contribution in [0.3, 0.4) is 0 Å². The lowest BCUT2D eigenvalue weighted by atomic mass is 10.1. The molecule has 20 heavy (non-hydrogen) atoms. The van der Waals surface area contributed by atoms with Gasteiger partial charge in [-0.2, -0.15) is 13.2 Å². The van der Waals surface area contributed by atoms with E-state index in [1.165, 1.54) is 0 Å². The van der Waals surface area contributed by atoms with Crippen molar-refractivity contribution in [2.45, 2.75) is 52.1 Å². The molecule has 0 aromatic carbocycles. The molecule has 0 amide bonds. The van der Waals surface area contributed by atoms with Crippen LogP contribution < -0.4 is 5.32 Å². The maximum absolute atomic E-state index is 12.3. The molecule has 0 saturated heterocycles. The zero-order valence-electron chi connectivity index (χ0n) is 11.8. The fraction of sp³-hybridized carbons (Fsp3) is 0.692. The number of hydrogen-bond donors (Lipinski definition) is 1. The lowest BCUT2D eigenvalue weighted by Gasteiger charge is -2.15. The highest BCUT2D eigenvalue weighted by atomic mass is 79.9. The molecule has 1 heterocycles. The number of aryl methyl sites for hydroxylation is 1. The van der Waals surface area contributed by atoms with E-state index in [9.17, 15) is 13.2 Å². The first-order chi connectivity index (χ1) is 9.24. The van der Waals surface area contributed by atoms with Crippen molar-refractivity contribution >= 4 is 21.7 Å². The summed E-state index contributed by atoms with van der Waals surface area (Å²) in [7, 11) is 0. The fourth-order valence-electron chi connectivity index (χ4n) is 1.62. The molecular formula is C13H19BrF3N3. The second-order valence-corrected chi connectivity index (χ2v) is 5.68. The van der Waals surface area contributed by atoms with E-state index in [1.807, 2.05) is 20.8 Å². The monoisotopic (exact) mass is 353 g/mol. The molecule has 0 unspecified atom stereocenters. The van der Waals surface area contributed by atoms with Crippen LogP contribution in [0.1, 0.15) is 51.0 Å². The summed E-state index contributed by atoms with van der Waals surface area (Å²) in [4.78, 5) is 8.43. The number of alkyl halides is 3. The number of rotatable bonds is 6. The van der Waals surface area contributed by atoms with E-state index in [0.29, 0.717) is 12.4 Å². The Labute approximate surface area is 125 Å². The number of nitrogens with one attached hydrogen (secondary N) is 1. The van der Waals surface area contributed by atoms with Gasteiger partial charge in [-0.3, -0.25) is 0 Å². The lowest BCUT2D eigenvalue weighted by molar-refractivity contribution is -0.134. The summed E-state index contributed by atoms with van der Waals surface area (Å²) in [5, 5.41) is 3.12. The second-order valence-electron chi connectivity index (χ2n) is 4.88. The predicted molar refractivity (Wildman–Crippen MR) is 77.0 cm³/mol. The van der Waals surface area contributed by atoms with E-state index in [-0.39, 0.29) is 18.2 Å². The maximum atomic E-state index is 12.3. The van der Waals surface area contributed by atoms with Crippen LogP contribution in [-0.4, -0.2) is 22.7 Å². The Kier molecular flexibility index (Phi) is 6.23. The Hall–Kier alpha value is -0.850. The van der Waals surface area contributed by atoms with Crippen molar-refractivity contribution < 1.29 is 13.2 Å². The first kappa shape index (κ1) is 17.2. The predicted octanol–water partition coefficient (Wildman–Crippen LogP) is 4.68. The number of halogens is 4. The highest BCUT2D eigenvalue weighted by Crippen LogP contribution is 2.30. The molecule has 3 nitrogen and oxygen atoms in total. The molecular weight excluding hydrogens is 335 g/mol. The summed E-state index contributed by atoms with van der Waals surface area (Å²) in [6, 6.07) is 0. The van der Waals surface area contributed by atoms with Crippen molar-refractivity contribution in [3.8, 4) is 0 Å². The quantitative estimate of drug-likeness (QED) is 0.806. The van der Waals surface area contributed by atoms with Gasteiger partial charge in [-0.1, -0.05) is 20.8 Å². The SMILES string of the molecule is CCCNc1nc(CCC(F)(F)F)nc(C(C)C)c1Br. The van der Waals surface area contributed by atoms with Crippen LogP contribution in [0, 0.1) is 0 Å². The summed E-state index contributed by atoms with van der Waals surface area (Å²) in [5.74, 6) is 0.912. The van der Waals surface area contributed by atoms with E-state index < -0.39 is 12.6 Å². The molecule has 0 fully saturated rings. The first-order valence-electron chi connectivity index (χ1n) is 6.61. The van der Waals surface area contributed by atoms with Crippen LogP contribution in [-0.2, 0) is 6.42 Å². The average Bonchev–Trinajstić information content (AvgIpc) is 2.34. The molecule has 0 spiro atoms. The van der Waals surface area contributed by atoms with E-state index in [0.717, 1.165) is 16.6 Å². The van der Waals surface area contributed by atoms with Crippen LogP contribution in [0.2, 0.25) is 0 Å². The molecule has 0 aliphatic rings. The Bertz CT molecular complexity index is 447. The maximum Gasteiger partial charge on any atom is 0.389 e. The average molecular weight is 354 g/mol. The molecule has 1 N–H and O–H groups in total. The van der Waals surface area contributed by atoms with Gasteiger partial charge in [-0.25, -0.2) is 9.97 Å². The van der Waals surface area contributed by atoms with Gasteiger partial charge in [-0.15, -0.1) is 0 Å². The van der Waals surface area contributed by atoms with Gasteiger partial charge >= 0.3 is 6.18 Å². The lowest BCUT2D eigenvalue weighted by Crippen LogP contribution is -2.13. The normalized spacial score (nSPS) is 12.0. The van der Waals surface area contributed by atoms with Gasteiger partial charge < -0.3 is 5.32 Å². The summed E-state index contributed by atoms with van der Waals surface area (Å²) in [5.41, 5.74) is 0.732. The molecule has 1 rings (SSSR count). The highest BCUT2D eigenvalue weighted by molar-refractivity contribution is 9.10. The van der Waals surface area contributed by atoms with Gasteiger partial charge in [0.15, 0.2) is 0 Å². The van der Waals surface area contributed by atoms with Gasteiger partial charge in [0.2, 0.25) is 0 Å². The standard InChI is InChI=1S/C13H19BrF3N3/c1-4-7-18-12-10(14)11(8(2)3)19-9(20-12)5-6-13(15,16)17/h8H,4-7H2,1-3H3,(H,18,19,20). The summed E-state index contributed by atoms with van der Waals surface area (Å²) in [6.07, 6.45) is -4.38. The summed E-state index contributed by atoms with van der Waals surface area (Å²) < 4.78 is 37.6. The van der Waals surface area contributed by atoms with Gasteiger partial charge in [-0.05, 0) is 28.3 Å². The fourth-order valence-corrected chi connectivity index (χ4v) is 2.40. The Morgan fingerprint density at radius 3 is 2.40 bits per heavy atom. The van der Waals surface area contributed by atoms with Crippen LogP contribution in [0.25, 0.3) is 0 Å². The Morgan fingerprint density at radius 2 is 1.90 bits per heavy atom. The van der Waals surface area contributed by atoms with E-state index in [1.54, 1.807) is 0 Å². The van der Waals surface area contributed by atoms with Gasteiger partial charge in [0.1, 0.15) is 11.6 Å². The molecule has 1 aromatic rings. The van der Waals surface area contributed by atoms with Crippen molar-refractivity contribution in [2.24, 2.45) is 0 Å². The van der Waals surface area contributed by atoms with Crippen molar-refractivity contribution in [1.82, 2.24) is 9.97 Å². The third-order valence-corrected chi connectivity index (χ3v) is 3.43. The molecule has 7 heteroatoms. The van der Waals surface area contributed by atoms with Crippen LogP contribution in [0.5, 0.6) is 0 Å². The third-order valence-electron chi connectivity index (χ3n) is 2.64. The van der Waals surface area contributed by atoms with Crippen LogP contribution in [0.4, 0.5) is 19.0 Å². The highest BCUT2D eigenvalue weighted by Gasteiger charge is 2.27. The molecule has 0 saturated carbocycles. The van der Waals surface area contributed by atoms with Crippen molar-refractivity contribution in [3.63, 3.8) is 0 Å². The van der Waals surface area contributed by atoms with Gasteiger partial charge in [0.05, 0.1) is 16.6 Å². The molecule has 0 atom stereocenters. The number of nitrogens with zero attached hydrogens (tertiary/aromatic N) is 2. The van der Waals surface area contributed by atoms with E-state index in [4.69, 9.17) is 0 Å². The van der Waals surface area contributed by atoms with Crippen molar-refractivity contribution in [3.05, 3.63) is 16.0 Å². The second kappa shape index (κ2) is 7.24. The summed E-state index contributed by atoms with van der Waals surface area (Å²) in [6.45, 7) is 6.62. The van der Waals surface area contributed by atoms with Crippen molar-refractivity contribution in [2.75, 3.05) is 11.9 Å². The number of anilines is 1. The molecule has 0 bridgehead atoms. The minimum Gasteiger partial charge on any atom is -0.369 e. The Morgan fingerprint density at radius 1 is 1.25 bits per heavy atom. The first-order valence-corrected chi connectivity index (χ1v) is 7.40. The van der Waals surface area contributed by atoms with Crippen LogP contribution >= 0.6 is 15.9 Å². The topological polar surface area (TPSA) is 37.8 Å². The zero-order chi connectivity index (χ0) is 15.3. The molecule has 1 aromatic heterocycles. The largest absolute Gasteiger partial charge is 0.389 e. The molecule has 0 radical (unpaired) electrons. The van der Waals surface area contributed by atoms with Gasteiger partial charge in [0.25, 0.3) is 0 Å². The minimum absolute atomic E-state index is 0.110. The van der Waals surface area contributed by atoms with Crippen LogP contribution in [0.15, 0.2) is 4.47 Å². The molecule has 114 valence electrons. The number of aromatic nitrogens is 2. The minimum atomic E-state index is -4.19. The smallest absolute Gasteiger partial charge is 0.369 e. The summed E-state index contributed by atoms with van der Waals surface area (Å²) >= 11 is 3.43. The number of hydrogen-bond acceptors (Lipinski definition) is 3. The molecule has 0 aliphatic heterocycles. The molecule has 0 aliphatic carbocycles. The van der Waals surface area contributed by atoms with E-state index in [2.05, 4.69) is 31.2 Å². The Balaban J connectivity index is 3.02. The van der Waals surface area contributed by atoms with Gasteiger partial charge in [0, 0.05) is 13.0 Å². The third kappa shape index (κ3) is 5.26. The van der Waals surface area contributed by atoms with Crippen molar-refractivity contribution in [1.29, 1.82) is 0 Å². The zero-order valence-corrected chi connectivity index (χ0v) is 13.4. The van der Waals surface area contributed by atoms with E-state index >= 15 is 0 Å².